The highest BCUT2D eigenvalue weighted by Gasteiger charge is 2.31. The first kappa shape index (κ1) is 16.1. The highest BCUT2D eigenvalue weighted by molar-refractivity contribution is 7.99. The van der Waals surface area contributed by atoms with E-state index in [1.165, 1.54) is 6.07 Å². The molecule has 0 spiro atoms. The number of nitrogens with one attached hydrogen (secondary N) is 1. The van der Waals surface area contributed by atoms with Crippen LogP contribution in [-0.4, -0.2) is 23.2 Å². The Labute approximate surface area is 141 Å². The molecule has 1 N–H and O–H groups in total. The molecule has 0 aliphatic carbocycles. The van der Waals surface area contributed by atoms with Gasteiger partial charge in [0.1, 0.15) is 17.0 Å². The fraction of sp³-hybridized carbons (Fsp3) is 0.188. The summed E-state index contributed by atoms with van der Waals surface area (Å²) in [5, 5.41) is 2.97. The Kier molecular flexibility index (Phi) is 4.73. The van der Waals surface area contributed by atoms with Gasteiger partial charge in [-0.05, 0) is 29.8 Å². The van der Waals surface area contributed by atoms with Crippen LogP contribution in [0.5, 0.6) is 0 Å². The number of thioether (sulfide) groups is 1. The molecule has 1 saturated heterocycles. The number of amides is 2. The van der Waals surface area contributed by atoms with Gasteiger partial charge < -0.3 is 10.2 Å². The third-order valence-electron chi connectivity index (χ3n) is 3.48. The molecular weight excluding hydrogens is 342 g/mol. The lowest BCUT2D eigenvalue weighted by Crippen LogP contribution is -2.34. The van der Waals surface area contributed by atoms with Crippen molar-refractivity contribution in [3.8, 4) is 0 Å². The predicted molar refractivity (Wildman–Crippen MR) is 88.7 cm³/mol. The first-order valence-corrected chi connectivity index (χ1v) is 8.37. The number of carbonyl (C=O) groups excluding carboxylic acids is 1. The second-order valence-electron chi connectivity index (χ2n) is 5.02. The summed E-state index contributed by atoms with van der Waals surface area (Å²) < 4.78 is 26.6. The Bertz CT molecular complexity index is 727. The van der Waals surface area contributed by atoms with Crippen LogP contribution in [0.3, 0.4) is 0 Å². The smallest absolute Gasteiger partial charge is 0.308 e. The number of benzene rings is 2. The molecule has 1 aliphatic rings. The van der Waals surface area contributed by atoms with E-state index in [0.29, 0.717) is 11.6 Å². The van der Waals surface area contributed by atoms with E-state index in [9.17, 15) is 13.6 Å². The van der Waals surface area contributed by atoms with Gasteiger partial charge in [-0.3, -0.25) is 0 Å². The molecule has 1 heterocycles. The molecule has 1 aliphatic heterocycles. The molecule has 7 heteroatoms. The zero-order valence-corrected chi connectivity index (χ0v) is 13.5. The first-order chi connectivity index (χ1) is 11.0. The van der Waals surface area contributed by atoms with E-state index in [1.54, 1.807) is 28.8 Å². The molecule has 0 aromatic heterocycles. The highest BCUT2D eigenvalue weighted by atomic mass is 35.5. The maximum Gasteiger partial charge on any atom is 0.323 e. The minimum absolute atomic E-state index is 0.0387. The van der Waals surface area contributed by atoms with Crippen molar-refractivity contribution in [3.05, 3.63) is 64.7 Å². The molecule has 2 amide bonds. The van der Waals surface area contributed by atoms with E-state index >= 15 is 0 Å². The van der Waals surface area contributed by atoms with Gasteiger partial charge >= 0.3 is 6.03 Å². The largest absolute Gasteiger partial charge is 0.323 e. The maximum absolute atomic E-state index is 13.7. The lowest BCUT2D eigenvalue weighted by atomic mass is 10.2. The lowest BCUT2D eigenvalue weighted by Gasteiger charge is -2.24. The Balaban J connectivity index is 1.76. The van der Waals surface area contributed by atoms with Crippen LogP contribution >= 0.6 is 23.4 Å². The van der Waals surface area contributed by atoms with Gasteiger partial charge in [0, 0.05) is 23.4 Å². The third kappa shape index (κ3) is 3.59. The molecule has 2 aromatic rings. The van der Waals surface area contributed by atoms with Gasteiger partial charge in [0.15, 0.2) is 0 Å². The first-order valence-electron chi connectivity index (χ1n) is 6.94. The van der Waals surface area contributed by atoms with Crippen molar-refractivity contribution in [2.45, 2.75) is 5.37 Å². The second kappa shape index (κ2) is 6.76. The van der Waals surface area contributed by atoms with Crippen molar-refractivity contribution in [1.82, 2.24) is 4.90 Å². The summed E-state index contributed by atoms with van der Waals surface area (Å²) in [6.07, 6.45) is 0. The fourth-order valence-corrected chi connectivity index (χ4v) is 3.74. The van der Waals surface area contributed by atoms with Crippen LogP contribution in [0, 0.1) is 11.6 Å². The summed E-state index contributed by atoms with van der Waals surface area (Å²) in [4.78, 5) is 14.0. The molecule has 1 atom stereocenters. The number of anilines is 1. The zero-order valence-electron chi connectivity index (χ0n) is 11.9. The average Bonchev–Trinajstić information content (AvgIpc) is 3.00. The molecule has 0 saturated carbocycles. The van der Waals surface area contributed by atoms with Gasteiger partial charge in [-0.2, -0.15) is 0 Å². The van der Waals surface area contributed by atoms with E-state index in [1.807, 2.05) is 12.1 Å². The molecule has 1 fully saturated rings. The minimum atomic E-state index is -0.798. The molecule has 3 rings (SSSR count). The molecular formula is C16H13ClF2N2OS. The van der Waals surface area contributed by atoms with Crippen LogP contribution in [-0.2, 0) is 0 Å². The predicted octanol–water partition coefficient (Wildman–Crippen LogP) is 4.90. The highest BCUT2D eigenvalue weighted by Crippen LogP contribution is 2.38. The van der Waals surface area contributed by atoms with Crippen LogP contribution in [0.2, 0.25) is 5.02 Å². The van der Waals surface area contributed by atoms with E-state index in [4.69, 9.17) is 11.6 Å². The van der Waals surface area contributed by atoms with Gasteiger partial charge in [0.05, 0.1) is 5.69 Å². The van der Waals surface area contributed by atoms with Crippen LogP contribution < -0.4 is 5.32 Å². The van der Waals surface area contributed by atoms with Crippen molar-refractivity contribution in [2.24, 2.45) is 0 Å². The number of carbonyl (C=O) groups is 1. The second-order valence-corrected chi connectivity index (χ2v) is 6.65. The normalized spacial score (nSPS) is 17.3. The van der Waals surface area contributed by atoms with Gasteiger partial charge in [0.25, 0.3) is 0 Å². The monoisotopic (exact) mass is 354 g/mol. The minimum Gasteiger partial charge on any atom is -0.308 e. The van der Waals surface area contributed by atoms with E-state index < -0.39 is 17.7 Å². The quantitative estimate of drug-likeness (QED) is 0.832. The standard InChI is InChI=1S/C16H13ClF2N2OS/c17-11-3-1-10(2-4-11)15-21(7-8-23-15)16(22)20-14-6-5-12(18)9-13(14)19/h1-6,9,15H,7-8H2,(H,20,22). The Hall–Kier alpha value is -1.79. The molecule has 1 unspecified atom stereocenters. The van der Waals surface area contributed by atoms with Crippen molar-refractivity contribution in [2.75, 3.05) is 17.6 Å². The topological polar surface area (TPSA) is 32.3 Å². The molecule has 0 radical (unpaired) electrons. The Morgan fingerprint density at radius 1 is 1.22 bits per heavy atom. The summed E-state index contributed by atoms with van der Waals surface area (Å²) in [6, 6.07) is 9.91. The third-order valence-corrected chi connectivity index (χ3v) is 4.99. The van der Waals surface area contributed by atoms with Crippen molar-refractivity contribution >= 4 is 35.1 Å². The number of hydrogen-bond donors (Lipinski definition) is 1. The molecule has 23 heavy (non-hydrogen) atoms. The van der Waals surface area contributed by atoms with Crippen LogP contribution in [0.25, 0.3) is 0 Å². The van der Waals surface area contributed by atoms with E-state index in [2.05, 4.69) is 5.32 Å². The van der Waals surface area contributed by atoms with Crippen LogP contribution in [0.4, 0.5) is 19.3 Å². The van der Waals surface area contributed by atoms with Crippen molar-refractivity contribution < 1.29 is 13.6 Å². The average molecular weight is 355 g/mol. The van der Waals surface area contributed by atoms with Crippen LogP contribution in [0.15, 0.2) is 42.5 Å². The maximum atomic E-state index is 13.7. The van der Waals surface area contributed by atoms with E-state index in [0.717, 1.165) is 23.4 Å². The van der Waals surface area contributed by atoms with E-state index in [-0.39, 0.29) is 11.1 Å². The molecule has 120 valence electrons. The van der Waals surface area contributed by atoms with Gasteiger partial charge in [-0.1, -0.05) is 23.7 Å². The van der Waals surface area contributed by atoms with Crippen LogP contribution in [0.1, 0.15) is 10.9 Å². The Morgan fingerprint density at radius 2 is 1.96 bits per heavy atom. The van der Waals surface area contributed by atoms with Gasteiger partial charge in [-0.15, -0.1) is 11.8 Å². The van der Waals surface area contributed by atoms with Crippen molar-refractivity contribution in [1.29, 1.82) is 0 Å². The van der Waals surface area contributed by atoms with Gasteiger partial charge in [0.2, 0.25) is 0 Å². The van der Waals surface area contributed by atoms with Crippen molar-refractivity contribution in [3.63, 3.8) is 0 Å². The summed E-state index contributed by atoms with van der Waals surface area (Å²) >= 11 is 7.51. The summed E-state index contributed by atoms with van der Waals surface area (Å²) in [7, 11) is 0. The number of urea groups is 1. The lowest BCUT2D eigenvalue weighted by molar-refractivity contribution is 0.214. The summed E-state index contributed by atoms with van der Waals surface area (Å²) in [5.74, 6) is -0.698. The number of nitrogens with zero attached hydrogens (tertiary/aromatic N) is 1. The number of hydrogen-bond acceptors (Lipinski definition) is 2. The summed E-state index contributed by atoms with van der Waals surface area (Å²) in [5.41, 5.74) is 0.912. The number of halogens is 3. The number of rotatable bonds is 2. The zero-order chi connectivity index (χ0) is 16.4. The van der Waals surface area contributed by atoms with Gasteiger partial charge in [-0.25, -0.2) is 13.6 Å². The summed E-state index contributed by atoms with van der Waals surface area (Å²) in [6.45, 7) is 0.548. The fourth-order valence-electron chi connectivity index (χ4n) is 2.36. The molecule has 3 nitrogen and oxygen atoms in total. The Morgan fingerprint density at radius 3 is 2.65 bits per heavy atom. The SMILES string of the molecule is O=C(Nc1ccc(F)cc1F)N1CCSC1c1ccc(Cl)cc1. The molecule has 0 bridgehead atoms. The molecule has 2 aromatic carbocycles.